The first-order valence-electron chi connectivity index (χ1n) is 8.17. The highest BCUT2D eigenvalue weighted by molar-refractivity contribution is 7.99. The number of benzene rings is 2. The van der Waals surface area contributed by atoms with Gasteiger partial charge in [-0.1, -0.05) is 47.6 Å². The Morgan fingerprint density at radius 1 is 1.22 bits per heavy atom. The molecule has 1 N–H and O–H groups in total. The maximum atomic E-state index is 12.3. The van der Waals surface area contributed by atoms with Crippen molar-refractivity contribution in [2.45, 2.75) is 5.22 Å². The number of hydrogen-bond acceptors (Lipinski definition) is 5. The van der Waals surface area contributed by atoms with Crippen LogP contribution in [0.2, 0.25) is 5.02 Å². The Labute approximate surface area is 164 Å². The summed E-state index contributed by atoms with van der Waals surface area (Å²) < 4.78 is 7.24. The summed E-state index contributed by atoms with van der Waals surface area (Å²) in [5.74, 6) is 0.643. The number of aryl methyl sites for hydroxylation is 1. The highest BCUT2D eigenvalue weighted by Crippen LogP contribution is 2.25. The zero-order valence-electron chi connectivity index (χ0n) is 14.3. The van der Waals surface area contributed by atoms with E-state index >= 15 is 0 Å². The quantitative estimate of drug-likeness (QED) is 0.497. The van der Waals surface area contributed by atoms with E-state index in [0.717, 1.165) is 16.8 Å². The lowest BCUT2D eigenvalue weighted by Crippen LogP contribution is -2.16. The molecule has 136 valence electrons. The number of halogens is 1. The molecule has 4 rings (SSSR count). The largest absolute Gasteiger partial charge is 0.431 e. The molecule has 0 spiro atoms. The second kappa shape index (κ2) is 7.46. The smallest absolute Gasteiger partial charge is 0.257 e. The molecule has 2 heterocycles. The summed E-state index contributed by atoms with van der Waals surface area (Å²) in [5.41, 5.74) is 3.17. The SMILES string of the molecule is Cn1nc(-c2ccc(Cl)cc2)cc1NC(=O)CSc1nc2ccccc2o1. The second-order valence-electron chi connectivity index (χ2n) is 5.83. The first-order valence-corrected chi connectivity index (χ1v) is 9.53. The number of nitrogens with one attached hydrogen (secondary N) is 1. The van der Waals surface area contributed by atoms with Gasteiger partial charge in [-0.15, -0.1) is 0 Å². The molecule has 0 unspecified atom stereocenters. The predicted octanol–water partition coefficient (Wildman–Crippen LogP) is 4.61. The van der Waals surface area contributed by atoms with Crippen molar-refractivity contribution in [2.24, 2.45) is 7.05 Å². The van der Waals surface area contributed by atoms with Crippen molar-refractivity contribution in [3.05, 3.63) is 59.6 Å². The van der Waals surface area contributed by atoms with Crippen molar-refractivity contribution < 1.29 is 9.21 Å². The maximum Gasteiger partial charge on any atom is 0.257 e. The number of oxazole rings is 1. The normalized spacial score (nSPS) is 11.0. The van der Waals surface area contributed by atoms with Gasteiger partial charge in [0.1, 0.15) is 11.3 Å². The number of rotatable bonds is 5. The molecule has 0 bridgehead atoms. The number of hydrogen-bond donors (Lipinski definition) is 1. The van der Waals surface area contributed by atoms with Crippen LogP contribution in [0.1, 0.15) is 0 Å². The van der Waals surface area contributed by atoms with Gasteiger partial charge in [-0.05, 0) is 24.3 Å². The van der Waals surface area contributed by atoms with Gasteiger partial charge in [-0.25, -0.2) is 4.98 Å². The third-order valence-corrected chi connectivity index (χ3v) is 4.97. The lowest BCUT2D eigenvalue weighted by molar-refractivity contribution is -0.113. The predicted molar refractivity (Wildman–Crippen MR) is 107 cm³/mol. The van der Waals surface area contributed by atoms with E-state index in [1.165, 1.54) is 11.8 Å². The van der Waals surface area contributed by atoms with Crippen molar-refractivity contribution in [3.63, 3.8) is 0 Å². The second-order valence-corrected chi connectivity index (χ2v) is 7.19. The molecule has 0 saturated heterocycles. The number of nitrogens with zero attached hydrogens (tertiary/aromatic N) is 3. The summed E-state index contributed by atoms with van der Waals surface area (Å²) >= 11 is 7.17. The van der Waals surface area contributed by atoms with Gasteiger partial charge >= 0.3 is 0 Å². The molecule has 0 fully saturated rings. The van der Waals surface area contributed by atoms with E-state index in [0.29, 0.717) is 21.6 Å². The molecular formula is C19H15ClN4O2S. The first kappa shape index (κ1) is 17.6. The Morgan fingerprint density at radius 2 is 2.00 bits per heavy atom. The van der Waals surface area contributed by atoms with Crippen molar-refractivity contribution in [3.8, 4) is 11.3 Å². The summed E-state index contributed by atoms with van der Waals surface area (Å²) in [6, 6.07) is 16.7. The van der Waals surface area contributed by atoms with Crippen LogP contribution in [-0.2, 0) is 11.8 Å². The van der Waals surface area contributed by atoms with Crippen molar-refractivity contribution in [1.29, 1.82) is 0 Å². The van der Waals surface area contributed by atoms with Gasteiger partial charge in [0.25, 0.3) is 5.22 Å². The number of amides is 1. The average Bonchev–Trinajstić information content (AvgIpc) is 3.24. The monoisotopic (exact) mass is 398 g/mol. The summed E-state index contributed by atoms with van der Waals surface area (Å²) in [6.45, 7) is 0. The van der Waals surface area contributed by atoms with Gasteiger partial charge in [0, 0.05) is 23.7 Å². The Kier molecular flexibility index (Phi) is 4.87. The number of thioether (sulfide) groups is 1. The first-order chi connectivity index (χ1) is 13.1. The van der Waals surface area contributed by atoms with Gasteiger partial charge in [0.05, 0.1) is 11.4 Å². The summed E-state index contributed by atoms with van der Waals surface area (Å²) in [5, 5.41) is 8.43. The number of para-hydroxylation sites is 2. The molecule has 6 nitrogen and oxygen atoms in total. The zero-order valence-corrected chi connectivity index (χ0v) is 15.9. The molecule has 0 aliphatic rings. The molecule has 0 atom stereocenters. The lowest BCUT2D eigenvalue weighted by Gasteiger charge is -2.03. The third kappa shape index (κ3) is 3.99. The molecule has 4 aromatic rings. The Hall–Kier alpha value is -2.77. The number of anilines is 1. The zero-order chi connectivity index (χ0) is 18.8. The van der Waals surface area contributed by atoms with Crippen LogP contribution in [0.4, 0.5) is 5.82 Å². The van der Waals surface area contributed by atoms with Crippen LogP contribution >= 0.6 is 23.4 Å². The molecule has 2 aromatic heterocycles. The molecule has 8 heteroatoms. The molecule has 0 aliphatic heterocycles. The lowest BCUT2D eigenvalue weighted by atomic mass is 10.1. The molecule has 0 radical (unpaired) electrons. The van der Waals surface area contributed by atoms with Crippen molar-refractivity contribution in [2.75, 3.05) is 11.1 Å². The van der Waals surface area contributed by atoms with Crippen LogP contribution in [0.5, 0.6) is 0 Å². The summed E-state index contributed by atoms with van der Waals surface area (Å²) in [7, 11) is 1.78. The van der Waals surface area contributed by atoms with E-state index in [9.17, 15) is 4.79 Å². The highest BCUT2D eigenvalue weighted by Gasteiger charge is 2.12. The highest BCUT2D eigenvalue weighted by atomic mass is 35.5. The number of fused-ring (bicyclic) bond motifs is 1. The molecule has 1 amide bonds. The number of aromatic nitrogens is 3. The average molecular weight is 399 g/mol. The van der Waals surface area contributed by atoms with Crippen LogP contribution in [0, 0.1) is 0 Å². The summed E-state index contributed by atoms with van der Waals surface area (Å²) in [6.07, 6.45) is 0. The Morgan fingerprint density at radius 3 is 2.78 bits per heavy atom. The van der Waals surface area contributed by atoms with Gasteiger partial charge in [0.15, 0.2) is 5.58 Å². The van der Waals surface area contributed by atoms with E-state index in [1.807, 2.05) is 42.5 Å². The minimum absolute atomic E-state index is 0.159. The Bertz CT molecular complexity index is 1070. The van der Waals surface area contributed by atoms with E-state index in [2.05, 4.69) is 15.4 Å². The fraction of sp³-hybridized carbons (Fsp3) is 0.105. The minimum Gasteiger partial charge on any atom is -0.431 e. The number of carbonyl (C=O) groups is 1. The Balaban J connectivity index is 1.41. The maximum absolute atomic E-state index is 12.3. The van der Waals surface area contributed by atoms with Crippen molar-refractivity contribution in [1.82, 2.24) is 14.8 Å². The number of carbonyl (C=O) groups excluding carboxylic acids is 1. The summed E-state index contributed by atoms with van der Waals surface area (Å²) in [4.78, 5) is 16.6. The van der Waals surface area contributed by atoms with Gasteiger partial charge < -0.3 is 9.73 Å². The fourth-order valence-electron chi connectivity index (χ4n) is 2.56. The fourth-order valence-corrected chi connectivity index (χ4v) is 3.33. The van der Waals surface area contributed by atoms with E-state index in [-0.39, 0.29) is 11.7 Å². The van der Waals surface area contributed by atoms with Crippen LogP contribution < -0.4 is 5.32 Å². The van der Waals surface area contributed by atoms with Gasteiger partial charge in [-0.3, -0.25) is 9.48 Å². The van der Waals surface area contributed by atoms with E-state index in [4.69, 9.17) is 16.0 Å². The van der Waals surface area contributed by atoms with E-state index < -0.39 is 0 Å². The van der Waals surface area contributed by atoms with E-state index in [1.54, 1.807) is 23.9 Å². The van der Waals surface area contributed by atoms with Crippen molar-refractivity contribution >= 4 is 46.2 Å². The molecule has 27 heavy (non-hydrogen) atoms. The van der Waals surface area contributed by atoms with Crippen LogP contribution in [0.15, 0.2) is 64.2 Å². The third-order valence-electron chi connectivity index (χ3n) is 3.89. The van der Waals surface area contributed by atoms with Crippen LogP contribution in [0.25, 0.3) is 22.4 Å². The van der Waals surface area contributed by atoms with Gasteiger partial charge in [-0.2, -0.15) is 5.10 Å². The topological polar surface area (TPSA) is 73.0 Å². The standard InChI is InChI=1S/C19H15ClN4O2S/c1-24-17(10-15(23-24)12-6-8-13(20)9-7-12)22-18(25)11-27-19-21-14-4-2-3-5-16(14)26-19/h2-10H,11H2,1H3,(H,22,25). The molecule has 2 aromatic carbocycles. The van der Waals surface area contributed by atoms with Crippen LogP contribution in [0.3, 0.4) is 0 Å². The molecular weight excluding hydrogens is 384 g/mol. The molecule has 0 aliphatic carbocycles. The van der Waals surface area contributed by atoms with Gasteiger partial charge in [0.2, 0.25) is 5.91 Å². The minimum atomic E-state index is -0.159. The molecule has 0 saturated carbocycles. The van der Waals surface area contributed by atoms with Crippen LogP contribution in [-0.4, -0.2) is 26.4 Å².